The number of imidazole rings is 1. The largest absolute Gasteiger partial charge is 0.352 e. The van der Waals surface area contributed by atoms with Crippen LogP contribution in [0, 0.1) is 6.92 Å². The molecule has 2 aromatic rings. The fraction of sp³-hybridized carbons (Fsp3) is 0.385. The van der Waals surface area contributed by atoms with Crippen molar-refractivity contribution in [3.05, 3.63) is 42.0 Å². The molecule has 4 nitrogen and oxygen atoms in total. The van der Waals surface area contributed by atoms with Crippen LogP contribution in [0.5, 0.6) is 0 Å². The molecule has 0 atom stereocenters. The lowest BCUT2D eigenvalue weighted by Gasteiger charge is -2.10. The van der Waals surface area contributed by atoms with Gasteiger partial charge in [0.2, 0.25) is 5.95 Å². The number of aryl methyl sites for hydroxylation is 2. The van der Waals surface area contributed by atoms with E-state index in [2.05, 4.69) is 33.7 Å². The molecule has 0 aliphatic carbocycles. The summed E-state index contributed by atoms with van der Waals surface area (Å²) in [5.74, 6) is 0.933. The van der Waals surface area contributed by atoms with Gasteiger partial charge in [0, 0.05) is 37.9 Å². The summed E-state index contributed by atoms with van der Waals surface area (Å²) >= 11 is 0. The molecule has 90 valence electrons. The van der Waals surface area contributed by atoms with Crippen LogP contribution >= 0.6 is 0 Å². The Morgan fingerprint density at radius 3 is 3.00 bits per heavy atom. The van der Waals surface area contributed by atoms with Crippen molar-refractivity contribution in [2.24, 2.45) is 0 Å². The van der Waals surface area contributed by atoms with Gasteiger partial charge in [0.15, 0.2) is 0 Å². The van der Waals surface area contributed by atoms with Crippen molar-refractivity contribution in [3.63, 3.8) is 0 Å². The van der Waals surface area contributed by atoms with Crippen LogP contribution in [0.25, 0.3) is 0 Å². The minimum atomic E-state index is 0.787. The zero-order valence-corrected chi connectivity index (χ0v) is 10.3. The van der Waals surface area contributed by atoms with Gasteiger partial charge in [0.1, 0.15) is 0 Å². The van der Waals surface area contributed by atoms with Gasteiger partial charge in [0.25, 0.3) is 0 Å². The number of hydrogen-bond acceptors (Lipinski definition) is 3. The Bertz CT molecular complexity index is 476. The SMILES string of the molecule is CCCn1ccnc1NCc1ccncc1C. The van der Waals surface area contributed by atoms with Crippen LogP contribution in [-0.2, 0) is 13.1 Å². The Morgan fingerprint density at radius 1 is 1.35 bits per heavy atom. The number of aromatic nitrogens is 3. The van der Waals surface area contributed by atoms with E-state index in [-0.39, 0.29) is 0 Å². The van der Waals surface area contributed by atoms with E-state index in [1.165, 1.54) is 11.1 Å². The van der Waals surface area contributed by atoms with Gasteiger partial charge in [-0.2, -0.15) is 0 Å². The second kappa shape index (κ2) is 5.48. The van der Waals surface area contributed by atoms with E-state index in [1.807, 2.05) is 30.9 Å². The molecule has 0 bridgehead atoms. The number of hydrogen-bond donors (Lipinski definition) is 1. The van der Waals surface area contributed by atoms with Gasteiger partial charge >= 0.3 is 0 Å². The molecule has 0 fully saturated rings. The van der Waals surface area contributed by atoms with E-state index in [9.17, 15) is 0 Å². The molecule has 2 rings (SSSR count). The Labute approximate surface area is 102 Å². The molecule has 17 heavy (non-hydrogen) atoms. The molecule has 1 N–H and O–H groups in total. The summed E-state index contributed by atoms with van der Waals surface area (Å²) in [7, 11) is 0. The summed E-state index contributed by atoms with van der Waals surface area (Å²) < 4.78 is 2.14. The van der Waals surface area contributed by atoms with Gasteiger partial charge in [-0.05, 0) is 30.5 Å². The van der Waals surface area contributed by atoms with Gasteiger partial charge in [-0.1, -0.05) is 6.92 Å². The second-order valence-corrected chi connectivity index (χ2v) is 4.10. The summed E-state index contributed by atoms with van der Waals surface area (Å²) in [4.78, 5) is 8.40. The minimum absolute atomic E-state index is 0.787. The average molecular weight is 230 g/mol. The normalized spacial score (nSPS) is 10.5. The third-order valence-electron chi connectivity index (χ3n) is 2.75. The third kappa shape index (κ3) is 2.84. The molecule has 4 heteroatoms. The quantitative estimate of drug-likeness (QED) is 0.858. The van der Waals surface area contributed by atoms with Crippen LogP contribution in [0.4, 0.5) is 5.95 Å². The van der Waals surface area contributed by atoms with Crippen molar-refractivity contribution in [2.75, 3.05) is 5.32 Å². The summed E-state index contributed by atoms with van der Waals surface area (Å²) in [5, 5.41) is 3.36. The van der Waals surface area contributed by atoms with E-state index < -0.39 is 0 Å². The maximum atomic E-state index is 4.32. The van der Waals surface area contributed by atoms with Crippen LogP contribution < -0.4 is 5.32 Å². The summed E-state index contributed by atoms with van der Waals surface area (Å²) in [6, 6.07) is 2.04. The van der Waals surface area contributed by atoms with Crippen molar-refractivity contribution in [3.8, 4) is 0 Å². The maximum Gasteiger partial charge on any atom is 0.203 e. The molecule has 0 saturated heterocycles. The lowest BCUT2D eigenvalue weighted by molar-refractivity contribution is 0.682. The van der Waals surface area contributed by atoms with E-state index >= 15 is 0 Å². The Morgan fingerprint density at radius 2 is 2.24 bits per heavy atom. The molecule has 2 aromatic heterocycles. The Hall–Kier alpha value is -1.84. The van der Waals surface area contributed by atoms with E-state index in [0.717, 1.165) is 25.5 Å². The van der Waals surface area contributed by atoms with E-state index in [0.29, 0.717) is 0 Å². The van der Waals surface area contributed by atoms with Crippen LogP contribution in [0.1, 0.15) is 24.5 Å². The molecule has 0 aliphatic heterocycles. The fourth-order valence-electron chi connectivity index (χ4n) is 1.77. The van der Waals surface area contributed by atoms with Gasteiger partial charge in [-0.15, -0.1) is 0 Å². The summed E-state index contributed by atoms with van der Waals surface area (Å²) in [6.07, 6.45) is 8.65. The molecular formula is C13H18N4. The van der Waals surface area contributed by atoms with Crippen LogP contribution in [0.3, 0.4) is 0 Å². The highest BCUT2D eigenvalue weighted by Gasteiger charge is 2.02. The predicted octanol–water partition coefficient (Wildman–Crippen LogP) is 2.61. The topological polar surface area (TPSA) is 42.7 Å². The third-order valence-corrected chi connectivity index (χ3v) is 2.75. The van der Waals surface area contributed by atoms with Crippen molar-refractivity contribution in [1.29, 1.82) is 0 Å². The first-order valence-electron chi connectivity index (χ1n) is 5.95. The summed E-state index contributed by atoms with van der Waals surface area (Å²) in [6.45, 7) is 6.02. The number of pyridine rings is 1. The van der Waals surface area contributed by atoms with Crippen molar-refractivity contribution >= 4 is 5.95 Å². The molecule has 0 aromatic carbocycles. The van der Waals surface area contributed by atoms with Gasteiger partial charge in [0.05, 0.1) is 0 Å². The van der Waals surface area contributed by atoms with Gasteiger partial charge in [-0.25, -0.2) is 4.98 Å². The number of anilines is 1. The maximum absolute atomic E-state index is 4.32. The Balaban J connectivity index is 2.02. The highest BCUT2D eigenvalue weighted by Crippen LogP contribution is 2.10. The molecule has 0 amide bonds. The predicted molar refractivity (Wildman–Crippen MR) is 68.8 cm³/mol. The smallest absolute Gasteiger partial charge is 0.203 e. The van der Waals surface area contributed by atoms with E-state index in [4.69, 9.17) is 0 Å². The first-order chi connectivity index (χ1) is 8.31. The van der Waals surface area contributed by atoms with Crippen LogP contribution in [0.15, 0.2) is 30.9 Å². The minimum Gasteiger partial charge on any atom is -0.352 e. The first-order valence-corrected chi connectivity index (χ1v) is 5.95. The van der Waals surface area contributed by atoms with Gasteiger partial charge in [-0.3, -0.25) is 4.98 Å². The highest BCUT2D eigenvalue weighted by atomic mass is 15.2. The molecule has 0 radical (unpaired) electrons. The molecule has 2 heterocycles. The number of nitrogens with one attached hydrogen (secondary N) is 1. The molecule has 0 aliphatic rings. The average Bonchev–Trinajstić information content (AvgIpc) is 2.76. The van der Waals surface area contributed by atoms with Crippen molar-refractivity contribution in [1.82, 2.24) is 14.5 Å². The zero-order valence-electron chi connectivity index (χ0n) is 10.3. The fourth-order valence-corrected chi connectivity index (χ4v) is 1.77. The zero-order chi connectivity index (χ0) is 12.1. The highest BCUT2D eigenvalue weighted by molar-refractivity contribution is 5.31. The van der Waals surface area contributed by atoms with Crippen LogP contribution in [0.2, 0.25) is 0 Å². The molecular weight excluding hydrogens is 212 g/mol. The van der Waals surface area contributed by atoms with Crippen molar-refractivity contribution in [2.45, 2.75) is 33.4 Å². The molecule has 0 unspecified atom stereocenters. The van der Waals surface area contributed by atoms with Gasteiger partial charge < -0.3 is 9.88 Å². The first kappa shape index (κ1) is 11.6. The Kier molecular flexibility index (Phi) is 3.75. The summed E-state index contributed by atoms with van der Waals surface area (Å²) in [5.41, 5.74) is 2.46. The lowest BCUT2D eigenvalue weighted by atomic mass is 10.1. The monoisotopic (exact) mass is 230 g/mol. The number of nitrogens with zero attached hydrogens (tertiary/aromatic N) is 3. The number of rotatable bonds is 5. The van der Waals surface area contributed by atoms with Crippen LogP contribution in [-0.4, -0.2) is 14.5 Å². The standard InChI is InChI=1S/C13H18N4/c1-3-7-17-8-6-15-13(17)16-10-12-4-5-14-9-11(12)2/h4-6,8-9H,3,7,10H2,1-2H3,(H,15,16). The molecule has 0 spiro atoms. The second-order valence-electron chi connectivity index (χ2n) is 4.10. The van der Waals surface area contributed by atoms with Crippen molar-refractivity contribution < 1.29 is 0 Å². The molecule has 0 saturated carbocycles. The lowest BCUT2D eigenvalue weighted by Crippen LogP contribution is -2.08. The van der Waals surface area contributed by atoms with E-state index in [1.54, 1.807) is 0 Å².